The lowest BCUT2D eigenvalue weighted by Crippen LogP contribution is -2.10. The zero-order chi connectivity index (χ0) is 11.3. The molecule has 0 aromatic heterocycles. The molecule has 1 aromatic rings. The average molecular weight is 226 g/mol. The number of carbonyl (C=O) groups is 2. The van der Waals surface area contributed by atoms with Crippen LogP contribution in [0.1, 0.15) is 29.6 Å². The van der Waals surface area contributed by atoms with Gasteiger partial charge in [-0.2, -0.15) is 0 Å². The summed E-state index contributed by atoms with van der Waals surface area (Å²) in [5.74, 6) is -0.369. The molecule has 0 spiro atoms. The molecule has 0 aliphatic carbocycles. The van der Waals surface area contributed by atoms with Crippen LogP contribution in [0, 0.1) is 0 Å². The third-order valence-electron chi connectivity index (χ3n) is 1.99. The summed E-state index contributed by atoms with van der Waals surface area (Å²) in [7, 11) is 0. The van der Waals surface area contributed by atoms with Crippen molar-refractivity contribution >= 4 is 23.3 Å². The maximum absolute atomic E-state index is 11.5. The molecule has 0 saturated heterocycles. The zero-order valence-corrected chi connectivity index (χ0v) is 8.96. The molecule has 1 aromatic carbocycles. The standard InChI is InChI=1S/C11H12ClNO2/c12-9-6-4-8(5-7-9)10(14)2-1-3-11(13)15/h4-7H,1-3H2,(H2,13,15). The Morgan fingerprint density at radius 2 is 1.73 bits per heavy atom. The first-order chi connectivity index (χ1) is 7.09. The first-order valence-corrected chi connectivity index (χ1v) is 5.04. The number of ketones is 1. The van der Waals surface area contributed by atoms with Gasteiger partial charge in [0, 0.05) is 23.4 Å². The number of nitrogens with two attached hydrogens (primary N) is 1. The molecule has 0 aliphatic rings. The zero-order valence-electron chi connectivity index (χ0n) is 8.20. The van der Waals surface area contributed by atoms with Crippen LogP contribution < -0.4 is 5.73 Å². The van der Waals surface area contributed by atoms with Gasteiger partial charge in [-0.15, -0.1) is 0 Å². The molecule has 1 amide bonds. The molecule has 15 heavy (non-hydrogen) atoms. The van der Waals surface area contributed by atoms with Gasteiger partial charge < -0.3 is 5.73 Å². The highest BCUT2D eigenvalue weighted by Gasteiger charge is 2.05. The Balaban J connectivity index is 2.47. The van der Waals surface area contributed by atoms with Gasteiger partial charge in [0.25, 0.3) is 0 Å². The predicted molar refractivity (Wildman–Crippen MR) is 58.8 cm³/mol. The SMILES string of the molecule is NC(=O)CCCC(=O)c1ccc(Cl)cc1. The monoisotopic (exact) mass is 225 g/mol. The van der Waals surface area contributed by atoms with E-state index < -0.39 is 0 Å². The summed E-state index contributed by atoms with van der Waals surface area (Å²) < 4.78 is 0. The van der Waals surface area contributed by atoms with E-state index in [1.807, 2.05) is 0 Å². The van der Waals surface area contributed by atoms with Crippen LogP contribution in [0.15, 0.2) is 24.3 Å². The number of halogens is 1. The highest BCUT2D eigenvalue weighted by Crippen LogP contribution is 2.12. The molecule has 1 rings (SSSR count). The summed E-state index contributed by atoms with van der Waals surface area (Å²) in [5.41, 5.74) is 5.58. The molecular formula is C11H12ClNO2. The molecule has 0 bridgehead atoms. The fraction of sp³-hybridized carbons (Fsp3) is 0.273. The van der Waals surface area contributed by atoms with E-state index >= 15 is 0 Å². The first kappa shape index (κ1) is 11.7. The minimum absolute atomic E-state index is 0.00733. The van der Waals surface area contributed by atoms with Gasteiger partial charge in [-0.05, 0) is 30.7 Å². The van der Waals surface area contributed by atoms with Crippen LogP contribution in [0.2, 0.25) is 5.02 Å². The average Bonchev–Trinajstić information content (AvgIpc) is 2.18. The van der Waals surface area contributed by atoms with Crippen molar-refractivity contribution in [1.82, 2.24) is 0 Å². The molecule has 80 valence electrons. The van der Waals surface area contributed by atoms with Crippen LogP contribution in [0.3, 0.4) is 0 Å². The number of hydrogen-bond donors (Lipinski definition) is 1. The van der Waals surface area contributed by atoms with Crippen molar-refractivity contribution in [2.75, 3.05) is 0 Å². The Kier molecular flexibility index (Phi) is 4.31. The summed E-state index contributed by atoms with van der Waals surface area (Å²) >= 11 is 5.69. The molecule has 0 atom stereocenters. The normalized spacial score (nSPS) is 9.93. The Morgan fingerprint density at radius 1 is 1.13 bits per heavy atom. The number of benzene rings is 1. The topological polar surface area (TPSA) is 60.2 Å². The summed E-state index contributed by atoms with van der Waals surface area (Å²) in [6, 6.07) is 6.69. The van der Waals surface area contributed by atoms with Crippen LogP contribution in [-0.2, 0) is 4.79 Å². The number of Topliss-reactive ketones (excluding diaryl/α,β-unsaturated/α-hetero) is 1. The van der Waals surface area contributed by atoms with E-state index in [2.05, 4.69) is 0 Å². The molecule has 3 nitrogen and oxygen atoms in total. The van der Waals surface area contributed by atoms with E-state index in [4.69, 9.17) is 17.3 Å². The molecule has 0 fully saturated rings. The second-order valence-electron chi connectivity index (χ2n) is 3.25. The van der Waals surface area contributed by atoms with Crippen molar-refractivity contribution in [3.05, 3.63) is 34.9 Å². The largest absolute Gasteiger partial charge is 0.370 e. The number of carbonyl (C=O) groups excluding carboxylic acids is 2. The van der Waals surface area contributed by atoms with Crippen LogP contribution in [0.25, 0.3) is 0 Å². The van der Waals surface area contributed by atoms with E-state index in [1.54, 1.807) is 24.3 Å². The van der Waals surface area contributed by atoms with Gasteiger partial charge in [-0.1, -0.05) is 11.6 Å². The van der Waals surface area contributed by atoms with Crippen molar-refractivity contribution in [2.45, 2.75) is 19.3 Å². The Morgan fingerprint density at radius 3 is 2.27 bits per heavy atom. The van der Waals surface area contributed by atoms with E-state index in [0.29, 0.717) is 23.4 Å². The van der Waals surface area contributed by atoms with Crippen molar-refractivity contribution in [2.24, 2.45) is 5.73 Å². The molecular weight excluding hydrogens is 214 g/mol. The van der Waals surface area contributed by atoms with Crippen molar-refractivity contribution in [1.29, 1.82) is 0 Å². The molecule has 2 N–H and O–H groups in total. The highest BCUT2D eigenvalue weighted by molar-refractivity contribution is 6.30. The predicted octanol–water partition coefficient (Wildman–Crippen LogP) is 2.18. The lowest BCUT2D eigenvalue weighted by atomic mass is 10.1. The minimum Gasteiger partial charge on any atom is -0.370 e. The Labute approximate surface area is 93.2 Å². The number of primary amides is 1. The van der Waals surface area contributed by atoms with Crippen molar-refractivity contribution in [3.63, 3.8) is 0 Å². The fourth-order valence-corrected chi connectivity index (χ4v) is 1.33. The van der Waals surface area contributed by atoms with Crippen LogP contribution in [0.5, 0.6) is 0 Å². The van der Waals surface area contributed by atoms with Gasteiger partial charge in [0.2, 0.25) is 5.91 Å². The second-order valence-corrected chi connectivity index (χ2v) is 3.69. The Bertz CT molecular complexity index is 359. The van der Waals surface area contributed by atoms with Crippen molar-refractivity contribution in [3.8, 4) is 0 Å². The summed E-state index contributed by atoms with van der Waals surface area (Å²) in [5, 5.41) is 0.601. The van der Waals surface area contributed by atoms with Gasteiger partial charge in [0.15, 0.2) is 5.78 Å². The summed E-state index contributed by atoms with van der Waals surface area (Å²) in [6.45, 7) is 0. The Hall–Kier alpha value is -1.35. The van der Waals surface area contributed by atoms with Crippen molar-refractivity contribution < 1.29 is 9.59 Å². The van der Waals surface area contributed by atoms with Crippen LogP contribution in [0.4, 0.5) is 0 Å². The molecule has 0 unspecified atom stereocenters. The first-order valence-electron chi connectivity index (χ1n) is 4.66. The smallest absolute Gasteiger partial charge is 0.217 e. The molecule has 0 saturated carbocycles. The number of rotatable bonds is 5. The number of amides is 1. The van der Waals surface area contributed by atoms with E-state index in [9.17, 15) is 9.59 Å². The summed E-state index contributed by atoms with van der Waals surface area (Å²) in [6.07, 6.45) is 1.08. The molecule has 0 aliphatic heterocycles. The lowest BCUT2D eigenvalue weighted by molar-refractivity contribution is -0.118. The fourth-order valence-electron chi connectivity index (χ4n) is 1.20. The maximum atomic E-state index is 11.5. The molecule has 0 radical (unpaired) electrons. The third-order valence-corrected chi connectivity index (χ3v) is 2.25. The van der Waals surface area contributed by atoms with Gasteiger partial charge in [0.05, 0.1) is 0 Å². The summed E-state index contributed by atoms with van der Waals surface area (Å²) in [4.78, 5) is 22.0. The van der Waals surface area contributed by atoms with Crippen LogP contribution >= 0.6 is 11.6 Å². The number of hydrogen-bond acceptors (Lipinski definition) is 2. The van der Waals surface area contributed by atoms with Gasteiger partial charge in [-0.25, -0.2) is 0 Å². The van der Waals surface area contributed by atoms with Gasteiger partial charge in [0.1, 0.15) is 0 Å². The molecule has 4 heteroatoms. The lowest BCUT2D eigenvalue weighted by Gasteiger charge is -1.99. The third kappa shape index (κ3) is 4.13. The maximum Gasteiger partial charge on any atom is 0.217 e. The quantitative estimate of drug-likeness (QED) is 0.781. The van der Waals surface area contributed by atoms with E-state index in [1.165, 1.54) is 0 Å². The minimum atomic E-state index is -0.376. The van der Waals surface area contributed by atoms with E-state index in [-0.39, 0.29) is 18.1 Å². The van der Waals surface area contributed by atoms with E-state index in [0.717, 1.165) is 0 Å². The highest BCUT2D eigenvalue weighted by atomic mass is 35.5. The van der Waals surface area contributed by atoms with Crippen LogP contribution in [-0.4, -0.2) is 11.7 Å². The van der Waals surface area contributed by atoms with Gasteiger partial charge >= 0.3 is 0 Å². The van der Waals surface area contributed by atoms with Gasteiger partial charge in [-0.3, -0.25) is 9.59 Å². The molecule has 0 heterocycles. The second kappa shape index (κ2) is 5.51.